The second-order valence-electron chi connectivity index (χ2n) is 7.16. The lowest BCUT2D eigenvalue weighted by Crippen LogP contribution is -2.09. The maximum atomic E-state index is 12.7. The van der Waals surface area contributed by atoms with E-state index in [4.69, 9.17) is 4.74 Å². The fraction of sp³-hybridized carbons (Fsp3) is 0.227. The van der Waals surface area contributed by atoms with Crippen molar-refractivity contribution in [3.8, 4) is 11.6 Å². The third-order valence-electron chi connectivity index (χ3n) is 4.87. The zero-order valence-electron chi connectivity index (χ0n) is 17.3. The first-order valence-corrected chi connectivity index (χ1v) is 9.78. The van der Waals surface area contributed by atoms with E-state index in [9.17, 15) is 13.2 Å². The molecule has 0 bridgehead atoms. The van der Waals surface area contributed by atoms with Crippen LogP contribution in [0.3, 0.4) is 0 Å². The Bertz CT molecular complexity index is 1240. The number of rotatable bonds is 6. The summed E-state index contributed by atoms with van der Waals surface area (Å²) >= 11 is 0. The van der Waals surface area contributed by atoms with Gasteiger partial charge in [0, 0.05) is 31.2 Å². The van der Waals surface area contributed by atoms with E-state index in [1.54, 1.807) is 12.4 Å². The molecule has 0 fully saturated rings. The van der Waals surface area contributed by atoms with Gasteiger partial charge in [-0.1, -0.05) is 6.07 Å². The highest BCUT2D eigenvalue weighted by Crippen LogP contribution is 2.31. The number of alkyl halides is 3. The van der Waals surface area contributed by atoms with Gasteiger partial charge in [-0.05, 0) is 49.1 Å². The molecule has 1 N–H and O–H groups in total. The Hall–Kier alpha value is -3.82. The predicted octanol–water partition coefficient (Wildman–Crippen LogP) is 4.90. The zero-order chi connectivity index (χ0) is 22.7. The molecule has 10 heteroatoms. The molecule has 32 heavy (non-hydrogen) atoms. The number of hydrogen-bond donors (Lipinski definition) is 1. The van der Waals surface area contributed by atoms with Crippen molar-refractivity contribution in [1.29, 1.82) is 0 Å². The number of nitrogens with one attached hydrogen (secondary N) is 1. The van der Waals surface area contributed by atoms with Crippen LogP contribution in [-0.2, 0) is 12.6 Å². The van der Waals surface area contributed by atoms with Crippen LogP contribution in [0.25, 0.3) is 11.2 Å². The van der Waals surface area contributed by atoms with Crippen molar-refractivity contribution in [1.82, 2.24) is 24.9 Å². The van der Waals surface area contributed by atoms with E-state index >= 15 is 0 Å². The monoisotopic (exact) mass is 440 g/mol. The van der Waals surface area contributed by atoms with Crippen molar-refractivity contribution in [2.45, 2.75) is 26.4 Å². The fourth-order valence-electron chi connectivity index (χ4n) is 3.19. The van der Waals surface area contributed by atoms with Gasteiger partial charge in [-0.3, -0.25) is 0 Å². The molecule has 0 saturated carbocycles. The SMILES string of the molecule is Cc1cc(Oc2ccc(C(F)(F)F)cn2)c(C)cc1CCNc1ncnc2nccnc12. The summed E-state index contributed by atoms with van der Waals surface area (Å²) in [6, 6.07) is 6.01. The lowest BCUT2D eigenvalue weighted by atomic mass is 10.0. The van der Waals surface area contributed by atoms with Crippen molar-refractivity contribution in [2.75, 3.05) is 11.9 Å². The van der Waals surface area contributed by atoms with Crippen molar-refractivity contribution in [3.63, 3.8) is 0 Å². The van der Waals surface area contributed by atoms with Crippen LogP contribution in [-0.4, -0.2) is 31.5 Å². The summed E-state index contributed by atoms with van der Waals surface area (Å²) < 4.78 is 43.8. The summed E-state index contributed by atoms with van der Waals surface area (Å²) in [6.45, 7) is 4.44. The molecule has 7 nitrogen and oxygen atoms in total. The number of benzene rings is 1. The molecule has 3 heterocycles. The standard InChI is InChI=1S/C22H19F3N6O/c1-13-10-17(32-18-4-3-16(11-29-18)22(23,24)25)14(2)9-15(13)5-6-27-20-19-21(31-12-30-20)28-8-7-26-19/h3-4,7-12H,5-6H2,1-2H3,(H,27,28,30,31). The highest BCUT2D eigenvalue weighted by atomic mass is 19.4. The molecule has 0 unspecified atom stereocenters. The molecular formula is C22H19F3N6O. The summed E-state index contributed by atoms with van der Waals surface area (Å²) in [7, 11) is 0. The molecule has 0 saturated heterocycles. The van der Waals surface area contributed by atoms with Gasteiger partial charge in [0.05, 0.1) is 5.56 Å². The Labute approximate surface area is 181 Å². The molecule has 4 rings (SSSR count). The minimum Gasteiger partial charge on any atom is -0.439 e. The highest BCUT2D eigenvalue weighted by molar-refractivity contribution is 5.81. The molecule has 0 aliphatic heterocycles. The molecule has 3 aromatic heterocycles. The van der Waals surface area contributed by atoms with Crippen LogP contribution in [0.4, 0.5) is 19.0 Å². The van der Waals surface area contributed by atoms with Gasteiger partial charge in [0.1, 0.15) is 17.6 Å². The number of aromatic nitrogens is 5. The first-order valence-electron chi connectivity index (χ1n) is 9.78. The van der Waals surface area contributed by atoms with Gasteiger partial charge in [-0.25, -0.2) is 24.9 Å². The van der Waals surface area contributed by atoms with Crippen molar-refractivity contribution in [3.05, 3.63) is 71.4 Å². The number of ether oxygens (including phenoxy) is 1. The highest BCUT2D eigenvalue weighted by Gasteiger charge is 2.30. The minimum absolute atomic E-state index is 0.103. The quantitative estimate of drug-likeness (QED) is 0.457. The van der Waals surface area contributed by atoms with Gasteiger partial charge in [-0.15, -0.1) is 0 Å². The largest absolute Gasteiger partial charge is 0.439 e. The topological polar surface area (TPSA) is 85.7 Å². The van der Waals surface area contributed by atoms with Gasteiger partial charge in [0.25, 0.3) is 0 Å². The molecule has 0 atom stereocenters. The molecule has 0 amide bonds. The number of halogens is 3. The lowest BCUT2D eigenvalue weighted by Gasteiger charge is -2.14. The normalized spacial score (nSPS) is 11.5. The maximum absolute atomic E-state index is 12.7. The van der Waals surface area contributed by atoms with E-state index in [2.05, 4.69) is 30.2 Å². The first kappa shape index (κ1) is 21.4. The Morgan fingerprint density at radius 2 is 1.75 bits per heavy atom. The third kappa shape index (κ3) is 4.74. The van der Waals surface area contributed by atoms with Crippen LogP contribution in [0.2, 0.25) is 0 Å². The van der Waals surface area contributed by atoms with Gasteiger partial charge in [0.15, 0.2) is 11.5 Å². The van der Waals surface area contributed by atoms with Crippen LogP contribution in [0.1, 0.15) is 22.3 Å². The number of anilines is 1. The van der Waals surface area contributed by atoms with E-state index in [0.29, 0.717) is 29.3 Å². The van der Waals surface area contributed by atoms with Gasteiger partial charge in [0.2, 0.25) is 5.88 Å². The number of pyridine rings is 1. The number of aryl methyl sites for hydroxylation is 2. The van der Waals surface area contributed by atoms with Gasteiger partial charge < -0.3 is 10.1 Å². The number of nitrogens with zero attached hydrogens (tertiary/aromatic N) is 5. The van der Waals surface area contributed by atoms with E-state index in [1.807, 2.05) is 26.0 Å². The molecule has 0 aliphatic rings. The molecule has 4 aromatic rings. The Morgan fingerprint density at radius 1 is 0.938 bits per heavy atom. The first-order chi connectivity index (χ1) is 15.3. The van der Waals surface area contributed by atoms with Gasteiger partial charge >= 0.3 is 6.18 Å². The summed E-state index contributed by atoms with van der Waals surface area (Å²) in [5.41, 5.74) is 3.26. The minimum atomic E-state index is -4.43. The molecule has 164 valence electrons. The van der Waals surface area contributed by atoms with Crippen LogP contribution in [0.15, 0.2) is 49.2 Å². The van der Waals surface area contributed by atoms with E-state index in [0.717, 1.165) is 35.4 Å². The summed E-state index contributed by atoms with van der Waals surface area (Å²) in [4.78, 5) is 20.5. The van der Waals surface area contributed by atoms with E-state index in [-0.39, 0.29) is 5.88 Å². The summed E-state index contributed by atoms with van der Waals surface area (Å²) in [5, 5.41) is 3.27. The average Bonchev–Trinajstić information content (AvgIpc) is 2.77. The molecular weight excluding hydrogens is 421 g/mol. The molecule has 1 aromatic carbocycles. The predicted molar refractivity (Wildman–Crippen MR) is 113 cm³/mol. The van der Waals surface area contributed by atoms with Crippen molar-refractivity contribution < 1.29 is 17.9 Å². The molecule has 0 radical (unpaired) electrons. The van der Waals surface area contributed by atoms with Crippen molar-refractivity contribution >= 4 is 17.0 Å². The second kappa shape index (κ2) is 8.74. The van der Waals surface area contributed by atoms with Crippen LogP contribution in [0, 0.1) is 13.8 Å². The summed E-state index contributed by atoms with van der Waals surface area (Å²) in [6.07, 6.45) is 1.66. The fourth-order valence-corrected chi connectivity index (χ4v) is 3.19. The van der Waals surface area contributed by atoms with Crippen LogP contribution < -0.4 is 10.1 Å². The Morgan fingerprint density at radius 3 is 2.50 bits per heavy atom. The smallest absolute Gasteiger partial charge is 0.417 e. The van der Waals surface area contributed by atoms with Crippen molar-refractivity contribution in [2.24, 2.45) is 0 Å². The number of fused-ring (bicyclic) bond motifs is 1. The van der Waals surface area contributed by atoms with Gasteiger partial charge in [-0.2, -0.15) is 13.2 Å². The van der Waals surface area contributed by atoms with Crippen LogP contribution >= 0.6 is 0 Å². The van der Waals surface area contributed by atoms with E-state index in [1.165, 1.54) is 12.4 Å². The lowest BCUT2D eigenvalue weighted by molar-refractivity contribution is -0.137. The Kier molecular flexibility index (Phi) is 5.85. The molecule has 0 spiro atoms. The Balaban J connectivity index is 1.43. The molecule has 0 aliphatic carbocycles. The third-order valence-corrected chi connectivity index (χ3v) is 4.87. The number of hydrogen-bond acceptors (Lipinski definition) is 7. The average molecular weight is 440 g/mol. The summed E-state index contributed by atoms with van der Waals surface area (Å²) in [5.74, 6) is 1.26. The maximum Gasteiger partial charge on any atom is 0.417 e. The zero-order valence-corrected chi connectivity index (χ0v) is 17.3. The van der Waals surface area contributed by atoms with Crippen LogP contribution in [0.5, 0.6) is 11.6 Å². The van der Waals surface area contributed by atoms with E-state index < -0.39 is 11.7 Å². The second-order valence-corrected chi connectivity index (χ2v) is 7.16.